The molecule has 1 heterocycles. The number of aliphatic carboxylic acids is 1. The van der Waals surface area contributed by atoms with Gasteiger partial charge in [-0.05, 0) is 31.2 Å². The molecule has 4 rings (SSSR count). The minimum absolute atomic E-state index is 0.0688. The second-order valence-electron chi connectivity index (χ2n) is 5.71. The highest BCUT2D eigenvalue weighted by Crippen LogP contribution is 2.55. The Balaban J connectivity index is 1.75. The molecule has 3 nitrogen and oxygen atoms in total. The van der Waals surface area contributed by atoms with Crippen molar-refractivity contribution in [3.63, 3.8) is 0 Å². The molecular formula is C16H15NO2S. The van der Waals surface area contributed by atoms with Crippen LogP contribution in [-0.4, -0.2) is 16.1 Å². The third-order valence-corrected chi connectivity index (χ3v) is 5.84. The molecule has 4 heteroatoms. The van der Waals surface area contributed by atoms with Crippen LogP contribution in [0.1, 0.15) is 46.3 Å². The Labute approximate surface area is 121 Å². The maximum absolute atomic E-state index is 11.3. The van der Waals surface area contributed by atoms with Gasteiger partial charge in [-0.3, -0.25) is 4.79 Å². The number of fused-ring (bicyclic) bond motifs is 1. The zero-order valence-electron chi connectivity index (χ0n) is 11.0. The summed E-state index contributed by atoms with van der Waals surface area (Å²) in [6, 6.07) is 10.5. The number of benzene rings is 1. The van der Waals surface area contributed by atoms with Gasteiger partial charge in [-0.25, -0.2) is 4.98 Å². The second kappa shape index (κ2) is 4.16. The number of carbonyl (C=O) groups is 1. The van der Waals surface area contributed by atoms with Gasteiger partial charge in [0.2, 0.25) is 0 Å². The Morgan fingerprint density at radius 1 is 1.30 bits per heavy atom. The van der Waals surface area contributed by atoms with Gasteiger partial charge < -0.3 is 5.11 Å². The van der Waals surface area contributed by atoms with Crippen LogP contribution in [-0.2, 0) is 16.6 Å². The van der Waals surface area contributed by atoms with E-state index in [9.17, 15) is 9.90 Å². The fourth-order valence-electron chi connectivity index (χ4n) is 3.18. The van der Waals surface area contributed by atoms with E-state index in [1.165, 1.54) is 10.4 Å². The molecule has 1 unspecified atom stereocenters. The van der Waals surface area contributed by atoms with Gasteiger partial charge in [-0.15, -0.1) is 11.3 Å². The van der Waals surface area contributed by atoms with E-state index in [2.05, 4.69) is 24.3 Å². The maximum atomic E-state index is 11.3. The molecular weight excluding hydrogens is 270 g/mol. The molecule has 1 aromatic carbocycles. The first kappa shape index (κ1) is 12.1. The lowest BCUT2D eigenvalue weighted by atomic mass is 9.97. The average molecular weight is 285 g/mol. The second-order valence-corrected chi connectivity index (χ2v) is 6.79. The fourth-order valence-corrected chi connectivity index (χ4v) is 4.59. The number of rotatable bonds is 3. The minimum atomic E-state index is -0.731. The summed E-state index contributed by atoms with van der Waals surface area (Å²) < 4.78 is 0. The normalized spacial score (nSPS) is 22.5. The molecule has 1 aromatic heterocycles. The van der Waals surface area contributed by atoms with E-state index in [-0.39, 0.29) is 11.3 Å². The first-order valence-corrected chi connectivity index (χ1v) is 7.81. The molecule has 1 saturated carbocycles. The molecule has 0 saturated heterocycles. The predicted molar refractivity (Wildman–Crippen MR) is 77.3 cm³/mol. The summed E-state index contributed by atoms with van der Waals surface area (Å²) in [7, 11) is 0. The quantitative estimate of drug-likeness (QED) is 0.941. The van der Waals surface area contributed by atoms with Crippen molar-refractivity contribution in [1.29, 1.82) is 0 Å². The molecule has 2 aromatic rings. The smallest absolute Gasteiger partial charge is 0.312 e. The van der Waals surface area contributed by atoms with E-state index >= 15 is 0 Å². The Hall–Kier alpha value is -1.68. The number of nitrogens with zero attached hydrogens (tertiary/aromatic N) is 1. The van der Waals surface area contributed by atoms with Crippen molar-refractivity contribution in [3.8, 4) is 0 Å². The molecule has 0 spiro atoms. The molecule has 2 aliphatic carbocycles. The molecule has 0 amide bonds. The van der Waals surface area contributed by atoms with E-state index in [1.54, 1.807) is 11.3 Å². The summed E-state index contributed by atoms with van der Waals surface area (Å²) in [5.74, 6) is -1.12. The molecule has 1 fully saturated rings. The highest BCUT2D eigenvalue weighted by molar-refractivity contribution is 7.12. The van der Waals surface area contributed by atoms with Gasteiger partial charge in [0, 0.05) is 10.3 Å². The average Bonchev–Trinajstić information content (AvgIpc) is 3.00. The van der Waals surface area contributed by atoms with Gasteiger partial charge in [-0.1, -0.05) is 30.3 Å². The van der Waals surface area contributed by atoms with Crippen LogP contribution in [0.4, 0.5) is 0 Å². The SMILES string of the molecule is O=C(O)C1CCc2sc(C3(c4ccccc4)CC3)nc21. The number of carboxylic acids is 1. The van der Waals surface area contributed by atoms with Gasteiger partial charge in [-0.2, -0.15) is 0 Å². The van der Waals surface area contributed by atoms with Crippen molar-refractivity contribution in [2.45, 2.75) is 37.0 Å². The third kappa shape index (κ3) is 1.64. The van der Waals surface area contributed by atoms with Gasteiger partial charge >= 0.3 is 5.97 Å². The van der Waals surface area contributed by atoms with Crippen molar-refractivity contribution in [3.05, 3.63) is 51.5 Å². The first-order valence-electron chi connectivity index (χ1n) is 6.99. The van der Waals surface area contributed by atoms with Crippen molar-refractivity contribution < 1.29 is 9.90 Å². The van der Waals surface area contributed by atoms with Gasteiger partial charge in [0.05, 0.1) is 5.69 Å². The van der Waals surface area contributed by atoms with Crippen LogP contribution in [0.3, 0.4) is 0 Å². The summed E-state index contributed by atoms with van der Waals surface area (Å²) >= 11 is 1.73. The van der Waals surface area contributed by atoms with Gasteiger partial charge in [0.1, 0.15) is 10.9 Å². The van der Waals surface area contributed by atoms with Crippen LogP contribution < -0.4 is 0 Å². The fraction of sp³-hybridized carbons (Fsp3) is 0.375. The van der Waals surface area contributed by atoms with E-state index in [1.807, 2.05) is 6.07 Å². The highest BCUT2D eigenvalue weighted by Gasteiger charge is 2.49. The van der Waals surface area contributed by atoms with E-state index < -0.39 is 5.97 Å². The number of hydrogen-bond acceptors (Lipinski definition) is 3. The third-order valence-electron chi connectivity index (χ3n) is 4.50. The first-order chi connectivity index (χ1) is 9.71. The van der Waals surface area contributed by atoms with Crippen molar-refractivity contribution in [2.24, 2.45) is 0 Å². The van der Waals surface area contributed by atoms with Crippen molar-refractivity contribution >= 4 is 17.3 Å². The van der Waals surface area contributed by atoms with Crippen LogP contribution in [0.5, 0.6) is 0 Å². The van der Waals surface area contributed by atoms with E-state index in [4.69, 9.17) is 4.98 Å². The Kier molecular flexibility index (Phi) is 2.51. The summed E-state index contributed by atoms with van der Waals surface area (Å²) in [6.07, 6.45) is 3.83. The van der Waals surface area contributed by atoms with Gasteiger partial charge in [0.25, 0.3) is 0 Å². The Bertz CT molecular complexity index is 673. The maximum Gasteiger partial charge on any atom is 0.312 e. The lowest BCUT2D eigenvalue weighted by Crippen LogP contribution is -2.11. The molecule has 1 atom stereocenters. The number of carboxylic acid groups (broad SMARTS) is 1. The Morgan fingerprint density at radius 3 is 2.70 bits per heavy atom. The van der Waals surface area contributed by atoms with Crippen molar-refractivity contribution in [2.75, 3.05) is 0 Å². The number of aromatic nitrogens is 1. The van der Waals surface area contributed by atoms with Gasteiger partial charge in [0.15, 0.2) is 0 Å². The van der Waals surface area contributed by atoms with E-state index in [0.29, 0.717) is 6.42 Å². The number of aryl methyl sites for hydroxylation is 1. The zero-order valence-corrected chi connectivity index (χ0v) is 11.8. The zero-order chi connectivity index (χ0) is 13.7. The monoisotopic (exact) mass is 285 g/mol. The molecule has 0 aliphatic heterocycles. The van der Waals surface area contributed by atoms with Crippen molar-refractivity contribution in [1.82, 2.24) is 4.98 Å². The topological polar surface area (TPSA) is 50.2 Å². The van der Waals surface area contributed by atoms with Crippen LogP contribution in [0.2, 0.25) is 0 Å². The standard InChI is InChI=1S/C16H15NO2S/c18-14(19)11-6-7-12-13(11)17-15(20-12)16(8-9-16)10-4-2-1-3-5-10/h1-5,11H,6-9H2,(H,18,19). The highest BCUT2D eigenvalue weighted by atomic mass is 32.1. The number of hydrogen-bond donors (Lipinski definition) is 1. The number of thiazole rings is 1. The largest absolute Gasteiger partial charge is 0.481 e. The summed E-state index contributed by atoms with van der Waals surface area (Å²) in [5, 5.41) is 10.4. The Morgan fingerprint density at radius 2 is 2.05 bits per heavy atom. The molecule has 2 aliphatic rings. The molecule has 102 valence electrons. The molecule has 0 bridgehead atoms. The predicted octanol–water partition coefficient (Wildman–Crippen LogP) is 3.34. The van der Waals surface area contributed by atoms with E-state index in [0.717, 1.165) is 30.0 Å². The summed E-state index contributed by atoms with van der Waals surface area (Å²) in [6.45, 7) is 0. The van der Waals surface area contributed by atoms with Crippen LogP contribution in [0.25, 0.3) is 0 Å². The van der Waals surface area contributed by atoms with Crippen LogP contribution in [0, 0.1) is 0 Å². The minimum Gasteiger partial charge on any atom is -0.481 e. The molecule has 20 heavy (non-hydrogen) atoms. The lowest BCUT2D eigenvalue weighted by Gasteiger charge is -2.12. The molecule has 0 radical (unpaired) electrons. The lowest BCUT2D eigenvalue weighted by molar-refractivity contribution is -0.138. The molecule has 1 N–H and O–H groups in total. The van der Waals surface area contributed by atoms with Crippen LogP contribution in [0.15, 0.2) is 30.3 Å². The van der Waals surface area contributed by atoms with Crippen LogP contribution >= 0.6 is 11.3 Å². The summed E-state index contributed by atoms with van der Waals surface area (Å²) in [5.41, 5.74) is 2.22. The summed E-state index contributed by atoms with van der Waals surface area (Å²) in [4.78, 5) is 17.2.